The molecular weight excluding hydrogens is 524 g/mol. The van der Waals surface area contributed by atoms with Crippen molar-refractivity contribution in [2.24, 2.45) is 0 Å². The van der Waals surface area contributed by atoms with Gasteiger partial charge in [0.1, 0.15) is 17.2 Å². The Morgan fingerprint density at radius 1 is 0.738 bits per heavy atom. The number of carbonyl (C=O) groups excluding carboxylic acids is 1. The normalized spacial score (nSPS) is 15.3. The Morgan fingerprint density at radius 3 is 1.93 bits per heavy atom. The third-order valence-corrected chi connectivity index (χ3v) is 7.60. The van der Waals surface area contributed by atoms with Crippen molar-refractivity contribution < 1.29 is 23.7 Å². The molecule has 5 aromatic rings. The van der Waals surface area contributed by atoms with Gasteiger partial charge in [0.2, 0.25) is 0 Å². The van der Waals surface area contributed by atoms with E-state index in [4.69, 9.17) is 18.9 Å². The van der Waals surface area contributed by atoms with Crippen molar-refractivity contribution in [1.29, 1.82) is 0 Å². The maximum absolute atomic E-state index is 12.9. The Morgan fingerprint density at radius 2 is 1.33 bits per heavy atom. The molecule has 0 aromatic heterocycles. The quantitative estimate of drug-likeness (QED) is 0.190. The summed E-state index contributed by atoms with van der Waals surface area (Å²) in [6.45, 7) is 0. The van der Waals surface area contributed by atoms with Gasteiger partial charge >= 0.3 is 5.97 Å². The molecule has 5 aromatic carbocycles. The third kappa shape index (κ3) is 4.90. The first-order chi connectivity index (χ1) is 20.5. The molecule has 1 aliphatic rings. The van der Waals surface area contributed by atoms with Gasteiger partial charge in [0, 0.05) is 16.5 Å². The SMILES string of the molecule is COC(=O)c1cc2ccccc2c2c1C=CC(C=C(c1ccc(OC)cc1)c1ccc(OC)cc1)(c1ccccc1)O2. The van der Waals surface area contributed by atoms with Crippen molar-refractivity contribution in [3.8, 4) is 17.2 Å². The van der Waals surface area contributed by atoms with Gasteiger partial charge in [0.15, 0.2) is 5.60 Å². The van der Waals surface area contributed by atoms with Crippen LogP contribution in [0.4, 0.5) is 0 Å². The second kappa shape index (κ2) is 11.3. The average Bonchev–Trinajstić information content (AvgIpc) is 3.07. The fourth-order valence-corrected chi connectivity index (χ4v) is 5.40. The number of benzene rings is 5. The van der Waals surface area contributed by atoms with Crippen molar-refractivity contribution in [2.75, 3.05) is 21.3 Å². The topological polar surface area (TPSA) is 54.0 Å². The van der Waals surface area contributed by atoms with Crippen LogP contribution >= 0.6 is 0 Å². The van der Waals surface area contributed by atoms with Crippen LogP contribution in [0, 0.1) is 0 Å². The minimum absolute atomic E-state index is 0.412. The summed E-state index contributed by atoms with van der Waals surface area (Å²) in [5, 5.41) is 1.80. The zero-order chi connectivity index (χ0) is 29.1. The Hall–Kier alpha value is -5.29. The smallest absolute Gasteiger partial charge is 0.338 e. The molecule has 1 unspecified atom stereocenters. The lowest BCUT2D eigenvalue weighted by molar-refractivity contribution is 0.0599. The molecule has 0 spiro atoms. The molecule has 5 nitrogen and oxygen atoms in total. The number of esters is 1. The van der Waals surface area contributed by atoms with Crippen LogP contribution in [-0.2, 0) is 10.3 Å². The molecule has 0 fully saturated rings. The van der Waals surface area contributed by atoms with Gasteiger partial charge in [-0.15, -0.1) is 0 Å². The lowest BCUT2D eigenvalue weighted by Crippen LogP contribution is -2.32. The van der Waals surface area contributed by atoms with Crippen LogP contribution in [0.1, 0.15) is 32.6 Å². The largest absolute Gasteiger partial charge is 0.497 e. The Labute approximate surface area is 245 Å². The number of rotatable bonds is 7. The minimum atomic E-state index is -0.999. The summed E-state index contributed by atoms with van der Waals surface area (Å²) in [4.78, 5) is 12.9. The van der Waals surface area contributed by atoms with E-state index in [9.17, 15) is 4.79 Å². The molecule has 0 saturated carbocycles. The maximum Gasteiger partial charge on any atom is 0.338 e. The van der Waals surface area contributed by atoms with E-state index in [0.29, 0.717) is 16.9 Å². The number of methoxy groups -OCH3 is 3. The Bertz CT molecular complexity index is 1750. The molecule has 1 heterocycles. The van der Waals surface area contributed by atoms with Crippen LogP contribution in [0.15, 0.2) is 121 Å². The molecule has 208 valence electrons. The fourth-order valence-electron chi connectivity index (χ4n) is 5.40. The van der Waals surface area contributed by atoms with Crippen LogP contribution in [0.5, 0.6) is 17.2 Å². The predicted octanol–water partition coefficient (Wildman–Crippen LogP) is 8.08. The molecule has 0 aliphatic carbocycles. The molecule has 5 heteroatoms. The van der Waals surface area contributed by atoms with E-state index in [0.717, 1.165) is 44.5 Å². The van der Waals surface area contributed by atoms with Crippen molar-refractivity contribution in [1.82, 2.24) is 0 Å². The van der Waals surface area contributed by atoms with E-state index in [2.05, 4.69) is 18.2 Å². The molecule has 0 N–H and O–H groups in total. The van der Waals surface area contributed by atoms with Crippen molar-refractivity contribution in [2.45, 2.75) is 5.60 Å². The fraction of sp³-hybridized carbons (Fsp3) is 0.108. The first-order valence-electron chi connectivity index (χ1n) is 13.6. The highest BCUT2D eigenvalue weighted by Gasteiger charge is 2.36. The van der Waals surface area contributed by atoms with E-state index in [1.54, 1.807) is 14.2 Å². The second-order valence-corrected chi connectivity index (χ2v) is 9.99. The van der Waals surface area contributed by atoms with Gasteiger partial charge in [-0.2, -0.15) is 0 Å². The highest BCUT2D eigenvalue weighted by Crippen LogP contribution is 2.45. The highest BCUT2D eigenvalue weighted by molar-refractivity contribution is 6.04. The monoisotopic (exact) mass is 554 g/mol. The van der Waals surface area contributed by atoms with E-state index in [1.165, 1.54) is 7.11 Å². The van der Waals surface area contributed by atoms with Gasteiger partial charge in [-0.3, -0.25) is 0 Å². The summed E-state index contributed by atoms with van der Waals surface area (Å²) in [6.07, 6.45) is 6.13. The van der Waals surface area contributed by atoms with Crippen LogP contribution in [0.2, 0.25) is 0 Å². The van der Waals surface area contributed by atoms with E-state index in [1.807, 2.05) is 109 Å². The predicted molar refractivity (Wildman–Crippen MR) is 166 cm³/mol. The zero-order valence-corrected chi connectivity index (χ0v) is 23.7. The van der Waals surface area contributed by atoms with Gasteiger partial charge in [-0.05, 0) is 70.6 Å². The molecule has 0 radical (unpaired) electrons. The number of hydrogen-bond donors (Lipinski definition) is 0. The number of fused-ring (bicyclic) bond motifs is 3. The molecule has 1 atom stereocenters. The third-order valence-electron chi connectivity index (χ3n) is 7.60. The van der Waals surface area contributed by atoms with Crippen molar-refractivity contribution >= 4 is 28.4 Å². The second-order valence-electron chi connectivity index (χ2n) is 9.99. The number of carbonyl (C=O) groups is 1. The van der Waals surface area contributed by atoms with Gasteiger partial charge in [-0.25, -0.2) is 4.79 Å². The minimum Gasteiger partial charge on any atom is -0.497 e. The van der Waals surface area contributed by atoms with Gasteiger partial charge in [0.25, 0.3) is 0 Å². The van der Waals surface area contributed by atoms with E-state index >= 15 is 0 Å². The lowest BCUT2D eigenvalue weighted by Gasteiger charge is -2.35. The van der Waals surface area contributed by atoms with E-state index < -0.39 is 11.6 Å². The highest BCUT2D eigenvalue weighted by atomic mass is 16.5. The Kier molecular flexibility index (Phi) is 7.24. The maximum atomic E-state index is 12.9. The molecule has 6 rings (SSSR count). The number of hydrogen-bond acceptors (Lipinski definition) is 5. The summed E-state index contributed by atoms with van der Waals surface area (Å²) >= 11 is 0. The summed E-state index contributed by atoms with van der Waals surface area (Å²) in [7, 11) is 4.71. The standard InChI is InChI=1S/C37H30O5/c1-39-29-17-13-25(14-18-29)34(26-15-19-30(40-2)20-16-26)24-37(28-10-5-4-6-11-28)22-21-32-33(36(38)41-3)23-27-9-7-8-12-31(27)35(32)42-37/h4-24H,1-3H3. The average molecular weight is 555 g/mol. The molecule has 0 bridgehead atoms. The van der Waals surface area contributed by atoms with Gasteiger partial charge < -0.3 is 18.9 Å². The van der Waals surface area contributed by atoms with Crippen LogP contribution in [0.3, 0.4) is 0 Å². The molecular formula is C37H30O5. The first kappa shape index (κ1) is 26.9. The molecule has 42 heavy (non-hydrogen) atoms. The first-order valence-corrected chi connectivity index (χ1v) is 13.6. The molecule has 0 amide bonds. The zero-order valence-electron chi connectivity index (χ0n) is 23.7. The van der Waals surface area contributed by atoms with Crippen LogP contribution in [-0.4, -0.2) is 27.3 Å². The summed E-state index contributed by atoms with van der Waals surface area (Å²) in [5.74, 6) is 1.76. The van der Waals surface area contributed by atoms with Crippen molar-refractivity contribution in [3.63, 3.8) is 0 Å². The summed E-state index contributed by atoms with van der Waals surface area (Å²) < 4.78 is 23.1. The molecule has 1 aliphatic heterocycles. The van der Waals surface area contributed by atoms with Crippen LogP contribution < -0.4 is 14.2 Å². The Balaban J connectivity index is 1.62. The lowest BCUT2D eigenvalue weighted by atomic mass is 9.84. The van der Waals surface area contributed by atoms with Crippen LogP contribution in [0.25, 0.3) is 22.4 Å². The number of ether oxygens (including phenoxy) is 4. The van der Waals surface area contributed by atoms with E-state index in [-0.39, 0.29) is 0 Å². The summed E-state index contributed by atoms with van der Waals surface area (Å²) in [5.41, 5.74) is 4.04. The van der Waals surface area contributed by atoms with Gasteiger partial charge in [0.05, 0.1) is 26.9 Å². The van der Waals surface area contributed by atoms with Gasteiger partial charge in [-0.1, -0.05) is 78.9 Å². The molecule has 0 saturated heterocycles. The van der Waals surface area contributed by atoms with Crippen molar-refractivity contribution in [3.05, 3.63) is 149 Å². The summed E-state index contributed by atoms with van der Waals surface area (Å²) in [6, 6.07) is 35.8.